The molecule has 31 heavy (non-hydrogen) atoms. The van der Waals surface area contributed by atoms with E-state index in [2.05, 4.69) is 15.3 Å². The molecule has 0 atom stereocenters. The standard InChI is InChI=1S/C22H21F2N3O4/c1-3-31-20-8-13(4-5-16(20)22(28)29)19-11-21(27-12-26-19)25-7-6-15-17(23)9-14(30-2)10-18(15)24/h4-5,8-12H,3,6-7H2,1-2H3,(H,28,29)(H,25,26,27). The number of hydrogen-bond donors (Lipinski definition) is 2. The van der Waals surface area contributed by atoms with E-state index in [0.717, 1.165) is 12.1 Å². The maximum atomic E-state index is 14.1. The minimum atomic E-state index is -1.09. The number of ether oxygens (including phenoxy) is 2. The van der Waals surface area contributed by atoms with Gasteiger partial charge in [-0.3, -0.25) is 0 Å². The predicted molar refractivity (Wildman–Crippen MR) is 111 cm³/mol. The number of aromatic carboxylic acids is 1. The van der Waals surface area contributed by atoms with Gasteiger partial charge in [0.15, 0.2) is 0 Å². The molecule has 162 valence electrons. The Balaban J connectivity index is 1.74. The van der Waals surface area contributed by atoms with E-state index in [4.69, 9.17) is 9.47 Å². The minimum absolute atomic E-state index is 0.0480. The summed E-state index contributed by atoms with van der Waals surface area (Å²) in [6.07, 6.45) is 1.44. The maximum absolute atomic E-state index is 14.1. The number of anilines is 1. The van der Waals surface area contributed by atoms with Crippen LogP contribution in [0.3, 0.4) is 0 Å². The van der Waals surface area contributed by atoms with Crippen molar-refractivity contribution in [3.63, 3.8) is 0 Å². The van der Waals surface area contributed by atoms with E-state index in [1.165, 1.54) is 19.5 Å². The van der Waals surface area contributed by atoms with Gasteiger partial charge in [-0.05, 0) is 25.5 Å². The van der Waals surface area contributed by atoms with E-state index < -0.39 is 17.6 Å². The van der Waals surface area contributed by atoms with Crippen molar-refractivity contribution in [1.82, 2.24) is 9.97 Å². The second-order valence-corrected chi connectivity index (χ2v) is 6.48. The maximum Gasteiger partial charge on any atom is 0.339 e. The SMILES string of the molecule is CCOc1cc(-c2cc(NCCc3c(F)cc(OC)cc3F)ncn2)ccc1C(=O)O. The fraction of sp³-hybridized carbons (Fsp3) is 0.227. The van der Waals surface area contributed by atoms with Crippen LogP contribution in [0.25, 0.3) is 11.3 Å². The van der Waals surface area contributed by atoms with Crippen molar-refractivity contribution in [2.45, 2.75) is 13.3 Å². The molecule has 3 aromatic rings. The molecule has 0 aliphatic rings. The third kappa shape index (κ3) is 5.25. The van der Waals surface area contributed by atoms with Crippen molar-refractivity contribution in [3.8, 4) is 22.8 Å². The summed E-state index contributed by atoms with van der Waals surface area (Å²) >= 11 is 0. The van der Waals surface area contributed by atoms with Crippen LogP contribution in [0.2, 0.25) is 0 Å². The third-order valence-electron chi connectivity index (χ3n) is 4.51. The molecule has 1 aromatic heterocycles. The number of carboxylic acid groups (broad SMARTS) is 1. The van der Waals surface area contributed by atoms with E-state index >= 15 is 0 Å². The lowest BCUT2D eigenvalue weighted by molar-refractivity contribution is 0.0692. The lowest BCUT2D eigenvalue weighted by Gasteiger charge is -2.11. The highest BCUT2D eigenvalue weighted by molar-refractivity contribution is 5.91. The number of carboxylic acids is 1. The van der Waals surface area contributed by atoms with Crippen LogP contribution in [0.5, 0.6) is 11.5 Å². The van der Waals surface area contributed by atoms with E-state index in [1.807, 2.05) is 0 Å². The predicted octanol–water partition coefficient (Wildman–Crippen LogP) is 4.18. The van der Waals surface area contributed by atoms with Crippen LogP contribution in [-0.2, 0) is 6.42 Å². The van der Waals surface area contributed by atoms with Gasteiger partial charge in [0.05, 0.1) is 19.4 Å². The van der Waals surface area contributed by atoms with E-state index in [1.54, 1.807) is 25.1 Å². The Kier molecular flexibility index (Phi) is 6.96. The lowest BCUT2D eigenvalue weighted by Crippen LogP contribution is -2.09. The fourth-order valence-corrected chi connectivity index (χ4v) is 3.00. The van der Waals surface area contributed by atoms with Gasteiger partial charge >= 0.3 is 5.97 Å². The molecule has 0 amide bonds. The second-order valence-electron chi connectivity index (χ2n) is 6.48. The number of nitrogens with zero attached hydrogens (tertiary/aromatic N) is 2. The van der Waals surface area contributed by atoms with Crippen LogP contribution >= 0.6 is 0 Å². The Hall–Kier alpha value is -3.75. The Bertz CT molecular complexity index is 1070. The molecule has 7 nitrogen and oxygen atoms in total. The molecule has 0 saturated heterocycles. The molecule has 1 heterocycles. The van der Waals surface area contributed by atoms with Crippen LogP contribution in [-0.4, -0.2) is 41.3 Å². The van der Waals surface area contributed by atoms with Crippen LogP contribution in [0.1, 0.15) is 22.8 Å². The average Bonchev–Trinajstić information content (AvgIpc) is 2.75. The van der Waals surface area contributed by atoms with Gasteiger partial charge in [-0.15, -0.1) is 0 Å². The average molecular weight is 429 g/mol. The first kappa shape index (κ1) is 21.9. The molecule has 0 bridgehead atoms. The number of halogens is 2. The first-order chi connectivity index (χ1) is 14.9. The first-order valence-electron chi connectivity index (χ1n) is 9.51. The second kappa shape index (κ2) is 9.84. The molecule has 9 heteroatoms. The summed E-state index contributed by atoms with van der Waals surface area (Å²) in [5, 5.41) is 12.3. The molecular formula is C22H21F2N3O4. The third-order valence-corrected chi connectivity index (χ3v) is 4.51. The molecule has 0 aliphatic carbocycles. The Morgan fingerprint density at radius 1 is 1.13 bits per heavy atom. The summed E-state index contributed by atoms with van der Waals surface area (Å²) < 4.78 is 38.4. The highest BCUT2D eigenvalue weighted by Gasteiger charge is 2.14. The van der Waals surface area contributed by atoms with Crippen LogP contribution in [0.15, 0.2) is 42.7 Å². The van der Waals surface area contributed by atoms with Gasteiger partial charge < -0.3 is 19.9 Å². The first-order valence-corrected chi connectivity index (χ1v) is 9.51. The van der Waals surface area contributed by atoms with E-state index in [0.29, 0.717) is 23.7 Å². The lowest BCUT2D eigenvalue weighted by atomic mass is 10.1. The monoisotopic (exact) mass is 429 g/mol. The summed E-state index contributed by atoms with van der Waals surface area (Å²) in [5.74, 6) is -1.62. The number of rotatable bonds is 9. The summed E-state index contributed by atoms with van der Waals surface area (Å²) in [4.78, 5) is 19.7. The number of hydrogen-bond acceptors (Lipinski definition) is 6. The Labute approximate surface area is 177 Å². The number of carbonyl (C=O) groups is 1. The number of methoxy groups -OCH3 is 1. The van der Waals surface area contributed by atoms with Gasteiger partial charge in [-0.2, -0.15) is 0 Å². The zero-order valence-corrected chi connectivity index (χ0v) is 17.0. The number of aromatic nitrogens is 2. The molecule has 0 aliphatic heterocycles. The van der Waals surface area contributed by atoms with Crippen molar-refractivity contribution in [1.29, 1.82) is 0 Å². The zero-order chi connectivity index (χ0) is 22.4. The highest BCUT2D eigenvalue weighted by atomic mass is 19.1. The van der Waals surface area contributed by atoms with E-state index in [9.17, 15) is 18.7 Å². The van der Waals surface area contributed by atoms with Gasteiger partial charge in [-0.1, -0.05) is 6.07 Å². The van der Waals surface area contributed by atoms with Gasteiger partial charge in [-0.25, -0.2) is 23.5 Å². The molecule has 0 spiro atoms. The Morgan fingerprint density at radius 3 is 2.52 bits per heavy atom. The van der Waals surface area contributed by atoms with Crippen LogP contribution in [0, 0.1) is 11.6 Å². The Morgan fingerprint density at radius 2 is 1.87 bits per heavy atom. The van der Waals surface area contributed by atoms with Gasteiger partial charge in [0.1, 0.15) is 40.8 Å². The van der Waals surface area contributed by atoms with Crippen LogP contribution < -0.4 is 14.8 Å². The van der Waals surface area contributed by atoms with Crippen molar-refractivity contribution >= 4 is 11.8 Å². The largest absolute Gasteiger partial charge is 0.497 e. The summed E-state index contributed by atoms with van der Waals surface area (Å²) in [7, 11) is 1.34. The van der Waals surface area contributed by atoms with Crippen molar-refractivity contribution < 1.29 is 28.2 Å². The van der Waals surface area contributed by atoms with Gasteiger partial charge in [0, 0.05) is 35.9 Å². The van der Waals surface area contributed by atoms with Crippen molar-refractivity contribution in [2.24, 2.45) is 0 Å². The van der Waals surface area contributed by atoms with E-state index in [-0.39, 0.29) is 35.6 Å². The smallest absolute Gasteiger partial charge is 0.339 e. The molecule has 2 N–H and O–H groups in total. The normalized spacial score (nSPS) is 10.6. The molecular weight excluding hydrogens is 408 g/mol. The molecule has 0 saturated carbocycles. The quantitative estimate of drug-likeness (QED) is 0.527. The molecule has 3 rings (SSSR count). The molecule has 0 radical (unpaired) electrons. The summed E-state index contributed by atoms with van der Waals surface area (Å²) in [6.45, 7) is 2.32. The number of benzene rings is 2. The van der Waals surface area contributed by atoms with Crippen molar-refractivity contribution in [3.05, 3.63) is 65.5 Å². The number of nitrogens with one attached hydrogen (secondary N) is 1. The fourth-order valence-electron chi connectivity index (χ4n) is 3.00. The summed E-state index contributed by atoms with van der Waals surface area (Å²) in [5.41, 5.74) is 1.19. The van der Waals surface area contributed by atoms with Crippen LogP contribution in [0.4, 0.5) is 14.6 Å². The van der Waals surface area contributed by atoms with Crippen molar-refractivity contribution in [2.75, 3.05) is 25.6 Å². The molecule has 0 fully saturated rings. The minimum Gasteiger partial charge on any atom is -0.497 e. The molecule has 0 unspecified atom stereocenters. The highest BCUT2D eigenvalue weighted by Crippen LogP contribution is 2.27. The zero-order valence-electron chi connectivity index (χ0n) is 17.0. The topological polar surface area (TPSA) is 93.6 Å². The summed E-state index contributed by atoms with van der Waals surface area (Å²) in [6, 6.07) is 8.61. The van der Waals surface area contributed by atoms with Gasteiger partial charge in [0.2, 0.25) is 0 Å². The molecule has 2 aromatic carbocycles. The van der Waals surface area contributed by atoms with Gasteiger partial charge in [0.25, 0.3) is 0 Å².